The largest absolute Gasteiger partial charge is 0.389 e. The minimum atomic E-state index is -1.99. The van der Waals surface area contributed by atoms with E-state index in [1.54, 1.807) is 0 Å². The van der Waals surface area contributed by atoms with Crippen molar-refractivity contribution in [1.29, 1.82) is 0 Å². The van der Waals surface area contributed by atoms with Crippen molar-refractivity contribution in [3.05, 3.63) is 10.1 Å². The number of aliphatic hydroxyl groups is 3. The Kier molecular flexibility index (Phi) is 8.92. The zero-order valence-electron chi connectivity index (χ0n) is 7.51. The first-order chi connectivity index (χ1) is 6.04. The van der Waals surface area contributed by atoms with Crippen LogP contribution in [0.4, 0.5) is 0 Å². The molecule has 0 fully saturated rings. The molecule has 0 radical (unpaired) electrons. The molecule has 0 saturated carbocycles. The topological polar surface area (TPSA) is 130 Å². The minimum Gasteiger partial charge on any atom is -0.389 e. The third-order valence-corrected chi connectivity index (χ3v) is 1.27. The lowest BCUT2D eigenvalue weighted by Gasteiger charge is -2.16. The quantitative estimate of drug-likeness (QED) is 0.302. The lowest BCUT2D eigenvalue weighted by atomic mass is 10.1. The molecule has 0 spiro atoms. The van der Waals surface area contributed by atoms with E-state index in [1.807, 2.05) is 6.92 Å². The van der Waals surface area contributed by atoms with E-state index in [9.17, 15) is 10.1 Å². The first kappa shape index (κ1) is 14.7. The molecule has 0 unspecified atom stereocenters. The van der Waals surface area contributed by atoms with Gasteiger partial charge in [0, 0.05) is 4.92 Å². The van der Waals surface area contributed by atoms with Crippen molar-refractivity contribution >= 4 is 0 Å². The zero-order valence-corrected chi connectivity index (χ0v) is 7.51. The van der Waals surface area contributed by atoms with Crippen molar-refractivity contribution < 1.29 is 20.2 Å². The molecule has 0 amide bonds. The molecule has 0 aliphatic heterocycles. The summed E-state index contributed by atoms with van der Waals surface area (Å²) in [7, 11) is 0. The average Bonchev–Trinajstić information content (AvgIpc) is 2.09. The third-order valence-electron chi connectivity index (χ3n) is 1.27. The fraction of sp³-hybridized carbons (Fsp3) is 1.00. The monoisotopic (exact) mass is 196 g/mol. The number of rotatable bonds is 4. The molecule has 7 nitrogen and oxygen atoms in total. The first-order valence-electron chi connectivity index (χ1n) is 3.71. The molecule has 0 aromatic heterocycles. The van der Waals surface area contributed by atoms with Crippen LogP contribution >= 0.6 is 0 Å². The van der Waals surface area contributed by atoms with Crippen molar-refractivity contribution in [3.63, 3.8) is 0 Å². The maximum atomic E-state index is 10.0. The highest BCUT2D eigenvalue weighted by molar-refractivity contribution is 4.75. The summed E-state index contributed by atoms with van der Waals surface area (Å²) in [6.45, 7) is 0.0486. The molecule has 0 saturated heterocycles. The molecule has 13 heavy (non-hydrogen) atoms. The summed E-state index contributed by atoms with van der Waals surface area (Å²) in [6.07, 6.45) is 0. The summed E-state index contributed by atoms with van der Waals surface area (Å²) in [4.78, 5) is 9.14. The van der Waals surface area contributed by atoms with E-state index >= 15 is 0 Å². The second-order valence-electron chi connectivity index (χ2n) is 2.36. The summed E-state index contributed by atoms with van der Waals surface area (Å²) in [5.41, 5.74) is 2.86. The second kappa shape index (κ2) is 7.87. The van der Waals surface area contributed by atoms with Crippen molar-refractivity contribution in [2.24, 2.45) is 5.73 Å². The van der Waals surface area contributed by atoms with E-state index < -0.39 is 30.3 Å². The molecule has 80 valence electrons. The molecule has 0 rings (SSSR count). The van der Waals surface area contributed by atoms with Crippen molar-refractivity contribution in [3.8, 4) is 0 Å². The highest BCUT2D eigenvalue weighted by Gasteiger charge is 2.41. The Morgan fingerprint density at radius 1 is 1.31 bits per heavy atom. The van der Waals surface area contributed by atoms with E-state index in [4.69, 9.17) is 21.1 Å². The molecule has 0 aliphatic carbocycles. The SMILES string of the molecule is CCN.O=[N+]([O-])C(CO)(CO)CO. The Bertz CT molecular complexity index is 129. The van der Waals surface area contributed by atoms with E-state index in [0.717, 1.165) is 6.54 Å². The highest BCUT2D eigenvalue weighted by atomic mass is 16.6. The number of aliphatic hydroxyl groups excluding tert-OH is 3. The van der Waals surface area contributed by atoms with Gasteiger partial charge in [-0.25, -0.2) is 0 Å². The summed E-state index contributed by atoms with van der Waals surface area (Å²) in [6, 6.07) is 0. The summed E-state index contributed by atoms with van der Waals surface area (Å²) in [5, 5.41) is 35.2. The Labute approximate surface area is 75.9 Å². The van der Waals surface area contributed by atoms with Crippen LogP contribution in [-0.2, 0) is 0 Å². The van der Waals surface area contributed by atoms with Gasteiger partial charge in [-0.15, -0.1) is 0 Å². The van der Waals surface area contributed by atoms with Gasteiger partial charge in [-0.05, 0) is 6.54 Å². The molecular formula is C6H16N2O5. The van der Waals surface area contributed by atoms with Crippen LogP contribution in [0, 0.1) is 10.1 Å². The van der Waals surface area contributed by atoms with E-state index in [2.05, 4.69) is 0 Å². The highest BCUT2D eigenvalue weighted by Crippen LogP contribution is 2.05. The molecular weight excluding hydrogens is 180 g/mol. The van der Waals surface area contributed by atoms with Crippen LogP contribution in [-0.4, -0.2) is 52.1 Å². The lowest BCUT2D eigenvalue weighted by molar-refractivity contribution is -0.580. The summed E-state index contributed by atoms with van der Waals surface area (Å²) >= 11 is 0. The molecule has 5 N–H and O–H groups in total. The average molecular weight is 196 g/mol. The predicted molar refractivity (Wildman–Crippen MR) is 45.7 cm³/mol. The van der Waals surface area contributed by atoms with Crippen LogP contribution in [0.1, 0.15) is 6.92 Å². The van der Waals surface area contributed by atoms with Gasteiger partial charge in [-0.2, -0.15) is 0 Å². The van der Waals surface area contributed by atoms with E-state index in [1.165, 1.54) is 0 Å². The van der Waals surface area contributed by atoms with Gasteiger partial charge in [-0.1, -0.05) is 6.92 Å². The second-order valence-corrected chi connectivity index (χ2v) is 2.36. The normalized spacial score (nSPS) is 10.2. The molecule has 0 heterocycles. The molecule has 0 aliphatic rings. The number of hydrogen-bond acceptors (Lipinski definition) is 6. The van der Waals surface area contributed by atoms with Crippen molar-refractivity contribution in [2.45, 2.75) is 12.5 Å². The summed E-state index contributed by atoms with van der Waals surface area (Å²) < 4.78 is 0. The fourth-order valence-electron chi connectivity index (χ4n) is 0.323. The van der Waals surface area contributed by atoms with Crippen molar-refractivity contribution in [1.82, 2.24) is 0 Å². The Balaban J connectivity index is 0. The van der Waals surface area contributed by atoms with Gasteiger partial charge in [0.1, 0.15) is 19.8 Å². The van der Waals surface area contributed by atoms with Crippen LogP contribution in [0.2, 0.25) is 0 Å². The summed E-state index contributed by atoms with van der Waals surface area (Å²) in [5.74, 6) is 0. The van der Waals surface area contributed by atoms with E-state index in [-0.39, 0.29) is 0 Å². The fourth-order valence-corrected chi connectivity index (χ4v) is 0.323. The standard InChI is InChI=1S/C4H9NO5.C2H7N/c6-1-4(2-7,3-8)5(9)10;1-2-3/h6-8H,1-3H2;2-3H2,1H3. The Hall–Kier alpha value is -0.760. The van der Waals surface area contributed by atoms with Crippen LogP contribution < -0.4 is 5.73 Å². The number of nitrogens with two attached hydrogens (primary N) is 1. The van der Waals surface area contributed by atoms with Gasteiger partial charge in [-0.3, -0.25) is 10.1 Å². The zero-order chi connectivity index (χ0) is 10.9. The maximum absolute atomic E-state index is 10.0. The molecule has 7 heteroatoms. The predicted octanol–water partition coefficient (Wildman–Crippen LogP) is -2.06. The van der Waals surface area contributed by atoms with Crippen LogP contribution in [0.5, 0.6) is 0 Å². The van der Waals surface area contributed by atoms with E-state index in [0.29, 0.717) is 0 Å². The van der Waals surface area contributed by atoms with Gasteiger partial charge in [0.15, 0.2) is 0 Å². The van der Waals surface area contributed by atoms with Crippen LogP contribution in [0.15, 0.2) is 0 Å². The molecule has 0 atom stereocenters. The van der Waals surface area contributed by atoms with Crippen LogP contribution in [0.25, 0.3) is 0 Å². The van der Waals surface area contributed by atoms with Gasteiger partial charge < -0.3 is 21.1 Å². The smallest absolute Gasteiger partial charge is 0.289 e. The van der Waals surface area contributed by atoms with Crippen LogP contribution in [0.3, 0.4) is 0 Å². The molecule has 0 aromatic rings. The number of hydrogen-bond donors (Lipinski definition) is 4. The van der Waals surface area contributed by atoms with Gasteiger partial charge in [0.25, 0.3) is 5.54 Å². The maximum Gasteiger partial charge on any atom is 0.289 e. The Morgan fingerprint density at radius 3 is 1.54 bits per heavy atom. The lowest BCUT2D eigenvalue weighted by Crippen LogP contribution is -2.49. The Morgan fingerprint density at radius 2 is 1.54 bits per heavy atom. The third kappa shape index (κ3) is 4.73. The first-order valence-corrected chi connectivity index (χ1v) is 3.71. The molecule has 0 bridgehead atoms. The van der Waals surface area contributed by atoms with Crippen molar-refractivity contribution in [2.75, 3.05) is 26.4 Å². The van der Waals surface area contributed by atoms with Gasteiger partial charge in [0.05, 0.1) is 0 Å². The van der Waals surface area contributed by atoms with Gasteiger partial charge >= 0.3 is 0 Å². The number of nitro groups is 1. The van der Waals surface area contributed by atoms with Gasteiger partial charge in [0.2, 0.25) is 0 Å². The molecule has 0 aromatic carbocycles. The minimum absolute atomic E-state index is 0.750. The number of nitrogens with zero attached hydrogens (tertiary/aromatic N) is 1.